The van der Waals surface area contributed by atoms with Crippen LogP contribution in [0, 0.1) is 18.6 Å². The second kappa shape index (κ2) is 6.81. The van der Waals surface area contributed by atoms with Gasteiger partial charge in [0.15, 0.2) is 11.6 Å². The minimum absolute atomic E-state index is 0.0651. The van der Waals surface area contributed by atoms with E-state index in [1.807, 2.05) is 0 Å². The lowest BCUT2D eigenvalue weighted by Gasteiger charge is -2.18. The van der Waals surface area contributed by atoms with Gasteiger partial charge in [-0.2, -0.15) is 4.31 Å². The number of pyridine rings is 1. The SMILES string of the molecule is Cc1cc(OC2CCN(S(=O)(=O)c3ccc(F)c(F)c3)C2)cc(=O)n1C. The van der Waals surface area contributed by atoms with Gasteiger partial charge in [0.25, 0.3) is 5.56 Å². The molecule has 0 aliphatic carbocycles. The Morgan fingerprint density at radius 1 is 1.15 bits per heavy atom. The van der Waals surface area contributed by atoms with Crippen LogP contribution in [0.15, 0.2) is 40.0 Å². The van der Waals surface area contributed by atoms with Gasteiger partial charge in [-0.3, -0.25) is 4.79 Å². The lowest BCUT2D eigenvalue weighted by molar-refractivity contribution is 0.214. The maximum atomic E-state index is 13.4. The number of aryl methyl sites for hydroxylation is 1. The van der Waals surface area contributed by atoms with Crippen LogP contribution in [0.5, 0.6) is 5.75 Å². The van der Waals surface area contributed by atoms with Gasteiger partial charge in [0.05, 0.1) is 11.4 Å². The van der Waals surface area contributed by atoms with Gasteiger partial charge in [0, 0.05) is 25.4 Å². The second-order valence-corrected chi connectivity index (χ2v) is 8.14. The van der Waals surface area contributed by atoms with E-state index >= 15 is 0 Å². The number of halogens is 2. The summed E-state index contributed by atoms with van der Waals surface area (Å²) in [6.07, 6.45) is -0.00135. The van der Waals surface area contributed by atoms with E-state index in [2.05, 4.69) is 0 Å². The van der Waals surface area contributed by atoms with Crippen LogP contribution in [0.3, 0.4) is 0 Å². The third kappa shape index (κ3) is 3.49. The van der Waals surface area contributed by atoms with E-state index in [1.165, 1.54) is 10.6 Å². The highest BCUT2D eigenvalue weighted by molar-refractivity contribution is 7.89. The summed E-state index contributed by atoms with van der Waals surface area (Å²) in [4.78, 5) is 11.5. The van der Waals surface area contributed by atoms with Crippen LogP contribution in [0.25, 0.3) is 0 Å². The summed E-state index contributed by atoms with van der Waals surface area (Å²) in [5.74, 6) is -1.94. The summed E-state index contributed by atoms with van der Waals surface area (Å²) in [5, 5.41) is 0. The zero-order chi connectivity index (χ0) is 19.1. The van der Waals surface area contributed by atoms with Crippen molar-refractivity contribution in [2.45, 2.75) is 24.3 Å². The predicted octanol–water partition coefficient (Wildman–Crippen LogP) is 1.81. The molecule has 0 amide bonds. The van der Waals surface area contributed by atoms with Crippen LogP contribution in [-0.2, 0) is 17.1 Å². The van der Waals surface area contributed by atoms with Crippen molar-refractivity contribution in [2.75, 3.05) is 13.1 Å². The number of benzene rings is 1. The fourth-order valence-electron chi connectivity index (χ4n) is 2.80. The topological polar surface area (TPSA) is 68.6 Å². The Kier molecular flexibility index (Phi) is 4.85. The van der Waals surface area contributed by atoms with Crippen molar-refractivity contribution in [2.24, 2.45) is 7.05 Å². The van der Waals surface area contributed by atoms with Crippen LogP contribution in [-0.4, -0.2) is 36.5 Å². The summed E-state index contributed by atoms with van der Waals surface area (Å²) in [7, 11) is -2.30. The largest absolute Gasteiger partial charge is 0.489 e. The summed E-state index contributed by atoms with van der Waals surface area (Å²) >= 11 is 0. The summed E-state index contributed by atoms with van der Waals surface area (Å²) in [6.45, 7) is 2.02. The van der Waals surface area contributed by atoms with Gasteiger partial charge in [0.1, 0.15) is 11.9 Å². The molecule has 3 rings (SSSR count). The first-order valence-electron chi connectivity index (χ1n) is 7.98. The quantitative estimate of drug-likeness (QED) is 0.806. The van der Waals surface area contributed by atoms with Crippen molar-refractivity contribution >= 4 is 10.0 Å². The van der Waals surface area contributed by atoms with Crippen LogP contribution in [0.1, 0.15) is 12.1 Å². The van der Waals surface area contributed by atoms with E-state index in [0.29, 0.717) is 18.2 Å². The Morgan fingerprint density at radius 2 is 1.88 bits per heavy atom. The van der Waals surface area contributed by atoms with Crippen molar-refractivity contribution in [1.82, 2.24) is 8.87 Å². The maximum absolute atomic E-state index is 13.4. The number of nitrogens with zero attached hydrogens (tertiary/aromatic N) is 2. The lowest BCUT2D eigenvalue weighted by Crippen LogP contribution is -2.31. The van der Waals surface area contributed by atoms with E-state index in [4.69, 9.17) is 4.74 Å². The molecule has 0 saturated carbocycles. The summed E-state index contributed by atoms with van der Waals surface area (Å²) in [6, 6.07) is 5.54. The third-order valence-electron chi connectivity index (χ3n) is 4.42. The molecule has 2 aromatic rings. The fraction of sp³-hybridized carbons (Fsp3) is 0.353. The van der Waals surface area contributed by atoms with Crippen molar-refractivity contribution in [3.05, 3.63) is 58.0 Å². The Balaban J connectivity index is 1.75. The molecule has 1 aromatic heterocycles. The van der Waals surface area contributed by atoms with Crippen LogP contribution < -0.4 is 10.3 Å². The van der Waals surface area contributed by atoms with E-state index in [1.54, 1.807) is 20.0 Å². The fourth-order valence-corrected chi connectivity index (χ4v) is 4.29. The first-order chi connectivity index (χ1) is 12.2. The zero-order valence-electron chi connectivity index (χ0n) is 14.3. The van der Waals surface area contributed by atoms with E-state index in [-0.39, 0.29) is 23.5 Å². The van der Waals surface area contributed by atoms with Gasteiger partial charge >= 0.3 is 0 Å². The molecule has 9 heteroatoms. The van der Waals surface area contributed by atoms with Crippen molar-refractivity contribution in [3.63, 3.8) is 0 Å². The molecule has 1 atom stereocenters. The highest BCUT2D eigenvalue weighted by Gasteiger charge is 2.34. The highest BCUT2D eigenvalue weighted by atomic mass is 32.2. The molecule has 1 aliphatic heterocycles. The zero-order valence-corrected chi connectivity index (χ0v) is 15.1. The number of ether oxygens (including phenoxy) is 1. The lowest BCUT2D eigenvalue weighted by atomic mass is 10.3. The van der Waals surface area contributed by atoms with Gasteiger partial charge in [0.2, 0.25) is 10.0 Å². The minimum atomic E-state index is -3.95. The molecule has 1 aromatic carbocycles. The molecule has 2 heterocycles. The average molecular weight is 384 g/mol. The smallest absolute Gasteiger partial charge is 0.254 e. The normalized spacial score (nSPS) is 18.2. The summed E-state index contributed by atoms with van der Waals surface area (Å²) in [5.41, 5.74) is 0.501. The molecule has 1 unspecified atom stereocenters. The number of rotatable bonds is 4. The molecule has 26 heavy (non-hydrogen) atoms. The van der Waals surface area contributed by atoms with Gasteiger partial charge in [-0.05, 0) is 37.6 Å². The molecule has 0 radical (unpaired) electrons. The summed E-state index contributed by atoms with van der Waals surface area (Å²) < 4.78 is 59.9. The molecule has 1 saturated heterocycles. The van der Waals surface area contributed by atoms with Gasteiger partial charge in [-0.25, -0.2) is 17.2 Å². The van der Waals surface area contributed by atoms with E-state index in [0.717, 1.165) is 22.1 Å². The molecule has 1 fully saturated rings. The van der Waals surface area contributed by atoms with Crippen LogP contribution >= 0.6 is 0 Å². The predicted molar refractivity (Wildman–Crippen MR) is 90.6 cm³/mol. The molecule has 0 bridgehead atoms. The number of sulfonamides is 1. The van der Waals surface area contributed by atoms with Crippen molar-refractivity contribution < 1.29 is 21.9 Å². The Hall–Kier alpha value is -2.26. The monoisotopic (exact) mass is 384 g/mol. The molecule has 1 aliphatic rings. The molecular formula is C17H18F2N2O4S. The number of hydrogen-bond acceptors (Lipinski definition) is 4. The number of hydrogen-bond donors (Lipinski definition) is 0. The first kappa shape index (κ1) is 18.5. The van der Waals surface area contributed by atoms with Gasteiger partial charge in [-0.15, -0.1) is 0 Å². The van der Waals surface area contributed by atoms with E-state index < -0.39 is 27.8 Å². The highest BCUT2D eigenvalue weighted by Crippen LogP contribution is 2.25. The van der Waals surface area contributed by atoms with Gasteiger partial charge in [-0.1, -0.05) is 0 Å². The third-order valence-corrected chi connectivity index (χ3v) is 6.28. The molecule has 0 spiro atoms. The molecular weight excluding hydrogens is 366 g/mol. The standard InChI is InChI=1S/C17H18F2N2O4S/c1-11-7-13(8-17(22)20(11)2)25-12-5-6-21(10-12)26(23,24)14-3-4-15(18)16(19)9-14/h3-4,7-9,12H,5-6,10H2,1-2H3. The molecule has 140 valence electrons. The Labute approximate surface area is 149 Å². The Morgan fingerprint density at radius 3 is 2.54 bits per heavy atom. The number of aromatic nitrogens is 1. The molecule has 0 N–H and O–H groups in total. The Bertz CT molecular complexity index is 1000. The average Bonchev–Trinajstić information content (AvgIpc) is 3.04. The van der Waals surface area contributed by atoms with Gasteiger partial charge < -0.3 is 9.30 Å². The van der Waals surface area contributed by atoms with Crippen LogP contribution in [0.2, 0.25) is 0 Å². The first-order valence-corrected chi connectivity index (χ1v) is 9.42. The van der Waals surface area contributed by atoms with Crippen LogP contribution in [0.4, 0.5) is 8.78 Å². The van der Waals surface area contributed by atoms with Crippen molar-refractivity contribution in [3.8, 4) is 5.75 Å². The minimum Gasteiger partial charge on any atom is -0.489 e. The van der Waals surface area contributed by atoms with Crippen molar-refractivity contribution in [1.29, 1.82) is 0 Å². The van der Waals surface area contributed by atoms with E-state index in [9.17, 15) is 22.0 Å². The molecule has 6 nitrogen and oxygen atoms in total. The second-order valence-electron chi connectivity index (χ2n) is 6.20. The maximum Gasteiger partial charge on any atom is 0.254 e.